The van der Waals surface area contributed by atoms with Gasteiger partial charge in [0, 0.05) is 24.8 Å². The third-order valence-electron chi connectivity index (χ3n) is 9.14. The Labute approximate surface area is 234 Å². The number of aryl methyl sites for hydroxylation is 2. The van der Waals surface area contributed by atoms with E-state index in [1.54, 1.807) is 25.1 Å². The van der Waals surface area contributed by atoms with Crippen LogP contribution >= 0.6 is 0 Å². The zero-order valence-electron chi connectivity index (χ0n) is 23.9. The van der Waals surface area contributed by atoms with Crippen LogP contribution in [0.4, 0.5) is 10.1 Å². The van der Waals surface area contributed by atoms with Gasteiger partial charge < -0.3 is 20.5 Å². The Balaban J connectivity index is 1.32. The number of aliphatic hydroxyl groups is 1. The first-order chi connectivity index (χ1) is 19.1. The summed E-state index contributed by atoms with van der Waals surface area (Å²) in [5, 5.41) is 17.0. The van der Waals surface area contributed by atoms with Crippen LogP contribution in [0.3, 0.4) is 0 Å². The fraction of sp³-hybridized carbons (Fsp3) is 0.516. The molecule has 0 spiro atoms. The van der Waals surface area contributed by atoms with E-state index in [-0.39, 0.29) is 17.4 Å². The van der Waals surface area contributed by atoms with Crippen molar-refractivity contribution >= 4 is 22.5 Å². The lowest BCUT2D eigenvalue weighted by Gasteiger charge is -2.61. The summed E-state index contributed by atoms with van der Waals surface area (Å²) in [6.45, 7) is 9.47. The molecule has 40 heavy (non-hydrogen) atoms. The van der Waals surface area contributed by atoms with Crippen LogP contribution < -0.4 is 20.9 Å². The second-order valence-corrected chi connectivity index (χ2v) is 12.0. The Morgan fingerprint density at radius 1 is 1.27 bits per heavy atom. The maximum absolute atomic E-state index is 14.3. The van der Waals surface area contributed by atoms with Gasteiger partial charge >= 0.3 is 0 Å². The smallest absolute Gasteiger partial charge is 0.261 e. The number of hydrogen-bond acceptors (Lipinski definition) is 5. The highest BCUT2D eigenvalue weighted by Gasteiger charge is 2.56. The predicted molar refractivity (Wildman–Crippen MR) is 156 cm³/mol. The highest BCUT2D eigenvalue weighted by Crippen LogP contribution is 2.61. The highest BCUT2D eigenvalue weighted by molar-refractivity contribution is 5.95. The number of aliphatic imine (C=N–C) groups is 1. The molecule has 8 nitrogen and oxygen atoms in total. The number of nitrogens with zero attached hydrogens (tertiary/aromatic N) is 3. The van der Waals surface area contributed by atoms with Gasteiger partial charge in [0.1, 0.15) is 11.6 Å². The zero-order valence-corrected chi connectivity index (χ0v) is 23.9. The van der Waals surface area contributed by atoms with Crippen molar-refractivity contribution in [1.29, 1.82) is 0 Å². The van der Waals surface area contributed by atoms with Gasteiger partial charge in [0.2, 0.25) is 0 Å². The summed E-state index contributed by atoms with van der Waals surface area (Å²) in [6.07, 6.45) is 3.69. The summed E-state index contributed by atoms with van der Waals surface area (Å²) in [7, 11) is 1.50. The second-order valence-electron chi connectivity index (χ2n) is 12.0. The van der Waals surface area contributed by atoms with Gasteiger partial charge in [-0.1, -0.05) is 26.8 Å². The van der Waals surface area contributed by atoms with Crippen molar-refractivity contribution in [2.24, 2.45) is 28.2 Å². The molecule has 0 saturated heterocycles. The number of methoxy groups -OCH3 is 1. The molecule has 1 aromatic heterocycles. The predicted octanol–water partition coefficient (Wildman–Crippen LogP) is 4.60. The van der Waals surface area contributed by atoms with E-state index >= 15 is 0 Å². The maximum atomic E-state index is 14.3. The Morgan fingerprint density at radius 2 is 2.08 bits per heavy atom. The van der Waals surface area contributed by atoms with Gasteiger partial charge in [0.15, 0.2) is 5.96 Å². The minimum Gasteiger partial charge on any atom is -0.497 e. The van der Waals surface area contributed by atoms with Crippen LogP contribution in [0, 0.1) is 29.0 Å². The van der Waals surface area contributed by atoms with Crippen molar-refractivity contribution in [3.63, 3.8) is 0 Å². The monoisotopic (exact) mass is 549 g/mol. The van der Waals surface area contributed by atoms with E-state index in [1.807, 2.05) is 12.1 Å². The molecule has 3 aliphatic rings. The van der Waals surface area contributed by atoms with Crippen molar-refractivity contribution in [2.75, 3.05) is 19.0 Å². The molecule has 2 aromatic carbocycles. The normalized spacial score (nSPS) is 24.3. The molecule has 3 aliphatic carbocycles. The van der Waals surface area contributed by atoms with Crippen molar-refractivity contribution in [1.82, 2.24) is 14.9 Å². The number of guanidine groups is 1. The number of benzene rings is 2. The molecule has 5 atom stereocenters. The lowest BCUT2D eigenvalue weighted by molar-refractivity contribution is -0.108. The van der Waals surface area contributed by atoms with Gasteiger partial charge in [-0.15, -0.1) is 0 Å². The number of ether oxygens (including phenoxy) is 1. The van der Waals surface area contributed by atoms with Gasteiger partial charge in [-0.3, -0.25) is 9.36 Å². The summed E-state index contributed by atoms with van der Waals surface area (Å²) < 4.78 is 20.9. The van der Waals surface area contributed by atoms with E-state index in [4.69, 9.17) is 9.73 Å². The number of rotatable bonds is 8. The quantitative estimate of drug-likeness (QED) is 0.281. The van der Waals surface area contributed by atoms with Crippen LogP contribution in [-0.4, -0.2) is 46.4 Å². The molecule has 6 rings (SSSR count). The number of nitrogens with one attached hydrogen (secondary N) is 2. The zero-order chi connectivity index (χ0) is 28.6. The Hall–Kier alpha value is -3.46. The first kappa shape index (κ1) is 28.1. The van der Waals surface area contributed by atoms with Gasteiger partial charge in [-0.25, -0.2) is 14.4 Å². The molecule has 0 radical (unpaired) electrons. The van der Waals surface area contributed by atoms with E-state index in [0.29, 0.717) is 70.9 Å². The lowest BCUT2D eigenvalue weighted by Crippen LogP contribution is -2.56. The molecule has 3 N–H and O–H groups in total. The van der Waals surface area contributed by atoms with E-state index in [0.717, 1.165) is 12.1 Å². The molecule has 2 unspecified atom stereocenters. The van der Waals surface area contributed by atoms with E-state index in [1.165, 1.54) is 30.5 Å². The molecule has 9 heteroatoms. The van der Waals surface area contributed by atoms with Crippen molar-refractivity contribution < 1.29 is 14.2 Å². The van der Waals surface area contributed by atoms with Crippen LogP contribution in [0.25, 0.3) is 10.9 Å². The van der Waals surface area contributed by atoms with Crippen molar-refractivity contribution in [3.05, 3.63) is 64.5 Å². The first-order valence-electron chi connectivity index (χ1n) is 14.1. The van der Waals surface area contributed by atoms with Crippen LogP contribution in [0.2, 0.25) is 0 Å². The minimum atomic E-state index is -0.522. The number of anilines is 1. The molecule has 3 saturated carbocycles. The third kappa shape index (κ3) is 5.57. The SMILES string of the molecule is COc1ccc(CCn2cnc3cc(N/C(=N/C4C[C@@H]5C[C@H]([C@@H]4C)C5(C)C)NCC(C)O)ccc3c2=O)c(F)c1. The van der Waals surface area contributed by atoms with Gasteiger partial charge in [-0.2, -0.15) is 0 Å². The molecule has 2 bridgehead atoms. The largest absolute Gasteiger partial charge is 0.497 e. The van der Waals surface area contributed by atoms with E-state index in [9.17, 15) is 14.3 Å². The third-order valence-corrected chi connectivity index (χ3v) is 9.14. The molecular weight excluding hydrogens is 509 g/mol. The molecule has 0 amide bonds. The van der Waals surface area contributed by atoms with Gasteiger partial charge in [0.05, 0.1) is 36.5 Å². The summed E-state index contributed by atoms with van der Waals surface area (Å²) in [5.74, 6) is 2.56. The number of halogens is 1. The fourth-order valence-electron chi connectivity index (χ4n) is 6.46. The average Bonchev–Trinajstić information content (AvgIpc) is 2.92. The number of aliphatic hydroxyl groups excluding tert-OH is 1. The molecule has 0 aliphatic heterocycles. The van der Waals surface area contributed by atoms with Gasteiger partial charge in [0.25, 0.3) is 5.56 Å². The average molecular weight is 550 g/mol. The lowest BCUT2D eigenvalue weighted by atomic mass is 9.45. The second kappa shape index (κ2) is 11.2. The minimum absolute atomic E-state index is 0.176. The highest BCUT2D eigenvalue weighted by atomic mass is 19.1. The number of hydrogen-bond donors (Lipinski definition) is 3. The Kier molecular flexibility index (Phi) is 7.86. The number of aromatic nitrogens is 2. The van der Waals surface area contributed by atoms with E-state index in [2.05, 4.69) is 36.4 Å². The summed E-state index contributed by atoms with van der Waals surface area (Å²) in [6, 6.07) is 10.4. The van der Waals surface area contributed by atoms with Crippen molar-refractivity contribution in [2.45, 2.75) is 65.6 Å². The van der Waals surface area contributed by atoms with E-state index < -0.39 is 6.10 Å². The van der Waals surface area contributed by atoms with Gasteiger partial charge in [-0.05, 0) is 79.2 Å². The fourth-order valence-corrected chi connectivity index (χ4v) is 6.46. The van der Waals surface area contributed by atoms with Crippen LogP contribution in [-0.2, 0) is 13.0 Å². The molecule has 1 heterocycles. The number of fused-ring (bicyclic) bond motifs is 3. The summed E-state index contributed by atoms with van der Waals surface area (Å²) in [4.78, 5) is 22.7. The molecule has 3 aromatic rings. The molecular formula is C31H40FN5O3. The van der Waals surface area contributed by atoms with Crippen LogP contribution in [0.15, 0.2) is 52.5 Å². The molecule has 3 fully saturated rings. The van der Waals surface area contributed by atoms with Crippen LogP contribution in [0.5, 0.6) is 5.75 Å². The molecule has 214 valence electrons. The summed E-state index contributed by atoms with van der Waals surface area (Å²) in [5.41, 5.74) is 2.03. The standard InChI is InChI=1S/C31H40FN5O3/c1-18(38)16-33-30(36-27-13-21-12-25(19(27)2)31(21,3)4)35-22-7-9-24-28(14-22)34-17-37(29(24)39)11-10-20-6-8-23(40-5)15-26(20)32/h6-9,14-15,17-19,21,25,27,38H,10-13,16H2,1-5H3,(H2,33,35,36)/t18?,19-,21-,25+,27?/m0/s1. The Bertz CT molecular complexity index is 1470. The maximum Gasteiger partial charge on any atom is 0.261 e. The summed E-state index contributed by atoms with van der Waals surface area (Å²) >= 11 is 0. The first-order valence-corrected chi connectivity index (χ1v) is 14.1. The van der Waals surface area contributed by atoms with Crippen molar-refractivity contribution in [3.8, 4) is 5.75 Å². The topological polar surface area (TPSA) is 101 Å². The van der Waals surface area contributed by atoms with Crippen LogP contribution in [0.1, 0.15) is 46.1 Å². The Morgan fingerprint density at radius 3 is 2.75 bits per heavy atom.